The molecule has 0 radical (unpaired) electrons. The summed E-state index contributed by atoms with van der Waals surface area (Å²) in [6, 6.07) is 15.7. The third-order valence-corrected chi connectivity index (χ3v) is 3.78. The molecule has 0 saturated carbocycles. The van der Waals surface area contributed by atoms with Gasteiger partial charge >= 0.3 is 0 Å². The van der Waals surface area contributed by atoms with Gasteiger partial charge in [-0.3, -0.25) is 4.68 Å². The lowest BCUT2D eigenvalue weighted by molar-refractivity contribution is 0.475. The smallest absolute Gasteiger partial charge is 0.115 e. The number of hydrogen-bond acceptors (Lipinski definition) is 4. The Balaban J connectivity index is 2.22. The van der Waals surface area contributed by atoms with Crippen molar-refractivity contribution in [3.63, 3.8) is 0 Å². The van der Waals surface area contributed by atoms with Crippen molar-refractivity contribution in [2.75, 3.05) is 0 Å². The average molecular weight is 319 g/mol. The van der Waals surface area contributed by atoms with Crippen LogP contribution >= 0.6 is 0 Å². The minimum absolute atomic E-state index is 0.170. The molecule has 2 aromatic carbocycles. The maximum absolute atomic E-state index is 9.71. The summed E-state index contributed by atoms with van der Waals surface area (Å²) in [6.07, 6.45) is 0.882. The summed E-state index contributed by atoms with van der Waals surface area (Å²) in [6.45, 7) is 2.73. The van der Waals surface area contributed by atoms with Gasteiger partial charge in [0, 0.05) is 17.7 Å². The van der Waals surface area contributed by atoms with Gasteiger partial charge in [0.2, 0.25) is 0 Å². The lowest BCUT2D eigenvalue weighted by Crippen LogP contribution is -2.01. The van der Waals surface area contributed by atoms with Gasteiger partial charge in [-0.15, -0.1) is 0 Å². The van der Waals surface area contributed by atoms with E-state index in [0.717, 1.165) is 23.2 Å². The summed E-state index contributed by atoms with van der Waals surface area (Å²) >= 11 is 0. The minimum Gasteiger partial charge on any atom is -0.508 e. The van der Waals surface area contributed by atoms with Gasteiger partial charge in [-0.1, -0.05) is 6.92 Å². The van der Waals surface area contributed by atoms with E-state index in [2.05, 4.69) is 18.1 Å². The zero-order valence-corrected chi connectivity index (χ0v) is 13.3. The van der Waals surface area contributed by atoms with E-state index >= 15 is 0 Å². The highest BCUT2D eigenvalue weighted by atomic mass is 16.3. The van der Waals surface area contributed by atoms with Crippen molar-refractivity contribution < 1.29 is 10.2 Å². The summed E-state index contributed by atoms with van der Waals surface area (Å²) in [7, 11) is 0. The highest BCUT2D eigenvalue weighted by molar-refractivity contribution is 5.78. The second-order valence-electron chi connectivity index (χ2n) is 5.50. The van der Waals surface area contributed by atoms with Crippen LogP contribution in [-0.4, -0.2) is 20.0 Å². The van der Waals surface area contributed by atoms with E-state index in [9.17, 15) is 15.5 Å². The topological polar surface area (TPSA) is 82.1 Å². The highest BCUT2D eigenvalue weighted by Crippen LogP contribution is 2.33. The number of aryl methyl sites for hydroxylation is 1. The quantitative estimate of drug-likeness (QED) is 0.764. The first-order valence-corrected chi connectivity index (χ1v) is 7.73. The molecule has 5 heteroatoms. The van der Waals surface area contributed by atoms with E-state index in [4.69, 9.17) is 0 Å². The van der Waals surface area contributed by atoms with Crippen LogP contribution in [0, 0.1) is 11.3 Å². The predicted molar refractivity (Wildman–Crippen MR) is 91.4 cm³/mol. The molecule has 1 heterocycles. The van der Waals surface area contributed by atoms with Gasteiger partial charge < -0.3 is 10.2 Å². The Morgan fingerprint density at radius 3 is 2.00 bits per heavy atom. The summed E-state index contributed by atoms with van der Waals surface area (Å²) in [5.74, 6) is 0.349. The largest absolute Gasteiger partial charge is 0.508 e. The average Bonchev–Trinajstić information content (AvgIpc) is 2.95. The van der Waals surface area contributed by atoms with Gasteiger partial charge in [-0.25, -0.2) is 0 Å². The number of phenols is 2. The van der Waals surface area contributed by atoms with Crippen molar-refractivity contribution >= 4 is 0 Å². The number of hydrogen-bond donors (Lipinski definition) is 2. The Kier molecular flexibility index (Phi) is 4.21. The van der Waals surface area contributed by atoms with E-state index in [1.54, 1.807) is 48.5 Å². The molecule has 0 spiro atoms. The second kappa shape index (κ2) is 6.47. The Morgan fingerprint density at radius 1 is 0.958 bits per heavy atom. The monoisotopic (exact) mass is 319 g/mol. The van der Waals surface area contributed by atoms with Crippen LogP contribution in [0.25, 0.3) is 22.5 Å². The Labute approximate surface area is 140 Å². The fraction of sp³-hybridized carbons (Fsp3) is 0.158. The molecule has 0 aliphatic heterocycles. The molecule has 0 unspecified atom stereocenters. The van der Waals surface area contributed by atoms with Crippen molar-refractivity contribution in [2.45, 2.75) is 19.9 Å². The van der Waals surface area contributed by atoms with Gasteiger partial charge in [0.05, 0.1) is 5.69 Å². The van der Waals surface area contributed by atoms with E-state index in [1.165, 1.54) is 0 Å². The normalized spacial score (nSPS) is 10.5. The summed E-state index contributed by atoms with van der Waals surface area (Å²) in [5.41, 5.74) is 3.42. The molecule has 120 valence electrons. The number of nitriles is 1. The molecule has 0 fully saturated rings. The molecule has 0 aliphatic carbocycles. The van der Waals surface area contributed by atoms with Crippen molar-refractivity contribution in [3.8, 4) is 40.1 Å². The minimum atomic E-state index is 0.170. The Morgan fingerprint density at radius 2 is 1.50 bits per heavy atom. The second-order valence-corrected chi connectivity index (χ2v) is 5.50. The van der Waals surface area contributed by atoms with Crippen LogP contribution in [0.2, 0.25) is 0 Å². The number of nitrogens with zero attached hydrogens (tertiary/aromatic N) is 3. The first kappa shape index (κ1) is 15.6. The van der Waals surface area contributed by atoms with Gasteiger partial charge in [-0.2, -0.15) is 10.4 Å². The third-order valence-electron chi connectivity index (χ3n) is 3.78. The van der Waals surface area contributed by atoms with Crippen LogP contribution in [0.1, 0.15) is 18.9 Å². The van der Waals surface area contributed by atoms with E-state index in [1.807, 2.05) is 4.68 Å². The van der Waals surface area contributed by atoms with Crippen molar-refractivity contribution in [1.82, 2.24) is 9.78 Å². The van der Waals surface area contributed by atoms with E-state index in [0.29, 0.717) is 17.8 Å². The summed E-state index contributed by atoms with van der Waals surface area (Å²) < 4.78 is 1.83. The molecule has 5 nitrogen and oxygen atoms in total. The van der Waals surface area contributed by atoms with Crippen LogP contribution in [0.3, 0.4) is 0 Å². The molecule has 1 aromatic heterocycles. The molecule has 3 rings (SSSR count). The molecule has 3 aromatic rings. The fourth-order valence-electron chi connectivity index (χ4n) is 2.68. The van der Waals surface area contributed by atoms with E-state index in [-0.39, 0.29) is 11.5 Å². The third kappa shape index (κ3) is 2.82. The number of aromatic hydroxyl groups is 2. The molecule has 24 heavy (non-hydrogen) atoms. The van der Waals surface area contributed by atoms with Crippen LogP contribution < -0.4 is 0 Å². The van der Waals surface area contributed by atoms with E-state index < -0.39 is 0 Å². The number of benzene rings is 2. The fourth-order valence-corrected chi connectivity index (χ4v) is 2.68. The lowest BCUT2D eigenvalue weighted by Gasteiger charge is -2.06. The van der Waals surface area contributed by atoms with Crippen molar-refractivity contribution in [1.29, 1.82) is 5.26 Å². The van der Waals surface area contributed by atoms with Crippen LogP contribution in [-0.2, 0) is 6.54 Å². The predicted octanol–water partition coefficient (Wildman–Crippen LogP) is 3.91. The van der Waals surface area contributed by atoms with Crippen LogP contribution in [0.5, 0.6) is 11.5 Å². The maximum Gasteiger partial charge on any atom is 0.115 e. The summed E-state index contributed by atoms with van der Waals surface area (Å²) in [4.78, 5) is 0. The number of phenolic OH excluding ortho intramolecular Hbond substituents is 2. The van der Waals surface area contributed by atoms with Gasteiger partial charge in [0.25, 0.3) is 0 Å². The molecular formula is C19H17N3O2. The van der Waals surface area contributed by atoms with Crippen LogP contribution in [0.4, 0.5) is 0 Å². The molecule has 0 saturated heterocycles. The molecule has 0 atom stereocenters. The Hall–Kier alpha value is -3.26. The first-order valence-electron chi connectivity index (χ1n) is 7.73. The SMILES string of the molecule is CCCn1nc(-c2ccc(O)cc2)c(C#N)c1-c1ccc(O)cc1. The molecule has 2 N–H and O–H groups in total. The Bertz CT molecular complexity index is 888. The zero-order valence-electron chi connectivity index (χ0n) is 13.3. The highest BCUT2D eigenvalue weighted by Gasteiger charge is 2.20. The standard InChI is InChI=1S/C19H17N3O2/c1-2-11-22-19(14-5-9-16(24)10-6-14)17(12-20)18(21-22)13-3-7-15(23)8-4-13/h3-10,23-24H,2,11H2,1H3. The maximum atomic E-state index is 9.71. The molecule has 0 amide bonds. The zero-order chi connectivity index (χ0) is 17.1. The number of aromatic nitrogens is 2. The van der Waals surface area contributed by atoms with Crippen molar-refractivity contribution in [2.24, 2.45) is 0 Å². The molecular weight excluding hydrogens is 302 g/mol. The van der Waals surface area contributed by atoms with Crippen molar-refractivity contribution in [3.05, 3.63) is 54.1 Å². The molecule has 0 bridgehead atoms. The lowest BCUT2D eigenvalue weighted by atomic mass is 10.0. The van der Waals surface area contributed by atoms with Crippen LogP contribution in [0.15, 0.2) is 48.5 Å². The van der Waals surface area contributed by atoms with Gasteiger partial charge in [0.15, 0.2) is 0 Å². The van der Waals surface area contributed by atoms with Gasteiger partial charge in [-0.05, 0) is 55.0 Å². The van der Waals surface area contributed by atoms with Gasteiger partial charge in [0.1, 0.15) is 28.8 Å². The molecule has 0 aliphatic rings. The first-order chi connectivity index (χ1) is 11.6. The number of rotatable bonds is 4. The summed E-state index contributed by atoms with van der Waals surface area (Å²) in [5, 5.41) is 33.3.